The topological polar surface area (TPSA) is 76.4 Å². The highest BCUT2D eigenvalue weighted by Crippen LogP contribution is 2.15. The molecular formula is C14H21N3O2. The molecule has 1 aromatic rings. The number of hydrogen-bond acceptors (Lipinski definition) is 3. The summed E-state index contributed by atoms with van der Waals surface area (Å²) in [6.07, 6.45) is 1.01. The largest absolute Gasteiger partial charge is 0.381 e. The van der Waals surface area contributed by atoms with Crippen molar-refractivity contribution in [2.75, 3.05) is 25.1 Å². The zero-order valence-electron chi connectivity index (χ0n) is 11.2. The van der Waals surface area contributed by atoms with Crippen molar-refractivity contribution < 1.29 is 9.53 Å². The summed E-state index contributed by atoms with van der Waals surface area (Å²) in [5.74, 6) is 0.432. The van der Waals surface area contributed by atoms with Crippen LogP contribution in [-0.2, 0) is 4.74 Å². The predicted molar refractivity (Wildman–Crippen MR) is 75.0 cm³/mol. The minimum absolute atomic E-state index is 0.0413. The molecule has 19 heavy (non-hydrogen) atoms. The second-order valence-electron chi connectivity index (χ2n) is 4.98. The quantitative estimate of drug-likeness (QED) is 0.776. The highest BCUT2D eigenvalue weighted by Gasteiger charge is 2.16. The highest BCUT2D eigenvalue weighted by molar-refractivity contribution is 5.89. The molecule has 0 bridgehead atoms. The minimum Gasteiger partial charge on any atom is -0.381 e. The lowest BCUT2D eigenvalue weighted by molar-refractivity contribution is 0.185. The Morgan fingerprint density at radius 2 is 2.42 bits per heavy atom. The third-order valence-corrected chi connectivity index (χ3v) is 3.25. The van der Waals surface area contributed by atoms with Crippen molar-refractivity contribution in [1.82, 2.24) is 5.32 Å². The lowest BCUT2D eigenvalue weighted by Gasteiger charge is -2.12. The Morgan fingerprint density at radius 1 is 1.58 bits per heavy atom. The smallest absolute Gasteiger partial charge is 0.319 e. The molecule has 1 heterocycles. The van der Waals surface area contributed by atoms with E-state index in [2.05, 4.69) is 10.6 Å². The van der Waals surface area contributed by atoms with E-state index in [1.54, 1.807) is 0 Å². The maximum Gasteiger partial charge on any atom is 0.319 e. The van der Waals surface area contributed by atoms with Gasteiger partial charge in [-0.2, -0.15) is 0 Å². The summed E-state index contributed by atoms with van der Waals surface area (Å²) in [7, 11) is 0. The molecule has 0 saturated carbocycles. The zero-order chi connectivity index (χ0) is 13.7. The SMILES string of the molecule is CC(N)c1cccc(NC(=O)NCC2CCOC2)c1. The number of amides is 2. The number of anilines is 1. The maximum atomic E-state index is 11.8. The Hall–Kier alpha value is -1.59. The minimum atomic E-state index is -0.186. The van der Waals surface area contributed by atoms with Crippen LogP contribution in [0.3, 0.4) is 0 Å². The Labute approximate surface area is 113 Å². The van der Waals surface area contributed by atoms with E-state index in [-0.39, 0.29) is 12.1 Å². The van der Waals surface area contributed by atoms with E-state index in [0.717, 1.165) is 30.9 Å². The molecule has 0 aromatic heterocycles. The second kappa shape index (κ2) is 6.54. The summed E-state index contributed by atoms with van der Waals surface area (Å²) < 4.78 is 5.26. The Bertz CT molecular complexity index is 428. The molecule has 2 amide bonds. The molecule has 1 fully saturated rings. The van der Waals surface area contributed by atoms with Crippen LogP contribution in [0.25, 0.3) is 0 Å². The van der Waals surface area contributed by atoms with Crippen LogP contribution < -0.4 is 16.4 Å². The molecule has 104 valence electrons. The first-order valence-corrected chi connectivity index (χ1v) is 6.63. The lowest BCUT2D eigenvalue weighted by atomic mass is 10.1. The molecule has 0 radical (unpaired) electrons. The molecule has 0 aliphatic carbocycles. The van der Waals surface area contributed by atoms with Crippen LogP contribution in [0.2, 0.25) is 0 Å². The van der Waals surface area contributed by atoms with E-state index in [4.69, 9.17) is 10.5 Å². The summed E-state index contributed by atoms with van der Waals surface area (Å²) >= 11 is 0. The number of nitrogens with one attached hydrogen (secondary N) is 2. The fourth-order valence-corrected chi connectivity index (χ4v) is 2.06. The summed E-state index contributed by atoms with van der Waals surface area (Å²) in [5, 5.41) is 5.68. The molecule has 4 N–H and O–H groups in total. The van der Waals surface area contributed by atoms with Crippen molar-refractivity contribution in [3.05, 3.63) is 29.8 Å². The zero-order valence-corrected chi connectivity index (χ0v) is 11.2. The Balaban J connectivity index is 1.82. The molecular weight excluding hydrogens is 242 g/mol. The van der Waals surface area contributed by atoms with Crippen molar-refractivity contribution in [2.24, 2.45) is 11.7 Å². The summed E-state index contributed by atoms with van der Waals surface area (Å²) in [6.45, 7) is 4.10. The first-order chi connectivity index (χ1) is 9.15. The van der Waals surface area contributed by atoms with Gasteiger partial charge in [0.05, 0.1) is 6.61 Å². The van der Waals surface area contributed by atoms with E-state index >= 15 is 0 Å². The molecule has 2 unspecified atom stereocenters. The van der Waals surface area contributed by atoms with Gasteiger partial charge in [0, 0.05) is 30.8 Å². The van der Waals surface area contributed by atoms with Crippen LogP contribution in [0.15, 0.2) is 24.3 Å². The maximum absolute atomic E-state index is 11.8. The monoisotopic (exact) mass is 263 g/mol. The first kappa shape index (κ1) is 13.8. The van der Waals surface area contributed by atoms with Crippen LogP contribution in [-0.4, -0.2) is 25.8 Å². The van der Waals surface area contributed by atoms with Gasteiger partial charge >= 0.3 is 6.03 Å². The number of carbonyl (C=O) groups excluding carboxylic acids is 1. The van der Waals surface area contributed by atoms with Crippen LogP contribution >= 0.6 is 0 Å². The Morgan fingerprint density at radius 3 is 3.11 bits per heavy atom. The van der Waals surface area contributed by atoms with Crippen molar-refractivity contribution in [1.29, 1.82) is 0 Å². The van der Waals surface area contributed by atoms with Crippen LogP contribution in [0.5, 0.6) is 0 Å². The summed E-state index contributed by atoms with van der Waals surface area (Å²) in [5.41, 5.74) is 7.57. The van der Waals surface area contributed by atoms with Crippen molar-refractivity contribution in [3.8, 4) is 0 Å². The second-order valence-corrected chi connectivity index (χ2v) is 4.98. The van der Waals surface area contributed by atoms with Crippen LogP contribution in [0.4, 0.5) is 10.5 Å². The van der Waals surface area contributed by atoms with E-state index in [9.17, 15) is 4.79 Å². The Kier molecular flexibility index (Phi) is 4.76. The number of benzene rings is 1. The highest BCUT2D eigenvalue weighted by atomic mass is 16.5. The average molecular weight is 263 g/mol. The molecule has 5 nitrogen and oxygen atoms in total. The molecule has 1 aliphatic heterocycles. The van der Waals surface area contributed by atoms with Crippen molar-refractivity contribution in [2.45, 2.75) is 19.4 Å². The molecule has 1 aromatic carbocycles. The van der Waals surface area contributed by atoms with Crippen molar-refractivity contribution >= 4 is 11.7 Å². The van der Waals surface area contributed by atoms with Gasteiger partial charge < -0.3 is 21.1 Å². The fraction of sp³-hybridized carbons (Fsp3) is 0.500. The normalized spacial score (nSPS) is 20.0. The molecule has 5 heteroatoms. The van der Waals surface area contributed by atoms with E-state index in [1.807, 2.05) is 31.2 Å². The fourth-order valence-electron chi connectivity index (χ4n) is 2.06. The van der Waals surface area contributed by atoms with Gasteiger partial charge in [-0.05, 0) is 31.0 Å². The third kappa shape index (κ3) is 4.22. The number of hydrogen-bond donors (Lipinski definition) is 3. The first-order valence-electron chi connectivity index (χ1n) is 6.63. The number of nitrogens with two attached hydrogens (primary N) is 1. The van der Waals surface area contributed by atoms with Gasteiger partial charge in [-0.15, -0.1) is 0 Å². The molecule has 2 atom stereocenters. The predicted octanol–water partition coefficient (Wildman–Crippen LogP) is 1.86. The van der Waals surface area contributed by atoms with Gasteiger partial charge in [0.15, 0.2) is 0 Å². The van der Waals surface area contributed by atoms with Gasteiger partial charge in [0.2, 0.25) is 0 Å². The van der Waals surface area contributed by atoms with Crippen LogP contribution in [0.1, 0.15) is 24.9 Å². The van der Waals surface area contributed by atoms with E-state index in [0.29, 0.717) is 12.5 Å². The standard InChI is InChI=1S/C14H21N3O2/c1-10(15)12-3-2-4-13(7-12)17-14(18)16-8-11-5-6-19-9-11/h2-4,7,10-11H,5-6,8-9,15H2,1H3,(H2,16,17,18). The van der Waals surface area contributed by atoms with Crippen LogP contribution in [0, 0.1) is 5.92 Å². The average Bonchev–Trinajstić information content (AvgIpc) is 2.90. The van der Waals surface area contributed by atoms with Gasteiger partial charge in [0.1, 0.15) is 0 Å². The lowest BCUT2D eigenvalue weighted by Crippen LogP contribution is -2.33. The number of urea groups is 1. The summed E-state index contributed by atoms with van der Waals surface area (Å²) in [6, 6.07) is 7.35. The van der Waals surface area contributed by atoms with Crippen molar-refractivity contribution in [3.63, 3.8) is 0 Å². The van der Waals surface area contributed by atoms with Gasteiger partial charge in [-0.3, -0.25) is 0 Å². The number of carbonyl (C=O) groups is 1. The molecule has 0 spiro atoms. The molecule has 1 aliphatic rings. The number of ether oxygens (including phenoxy) is 1. The van der Waals surface area contributed by atoms with E-state index in [1.165, 1.54) is 0 Å². The third-order valence-electron chi connectivity index (χ3n) is 3.25. The van der Waals surface area contributed by atoms with Gasteiger partial charge in [-0.1, -0.05) is 12.1 Å². The van der Waals surface area contributed by atoms with Gasteiger partial charge in [-0.25, -0.2) is 4.79 Å². The molecule has 1 saturated heterocycles. The number of rotatable bonds is 4. The van der Waals surface area contributed by atoms with E-state index < -0.39 is 0 Å². The molecule has 2 rings (SSSR count). The van der Waals surface area contributed by atoms with Gasteiger partial charge in [0.25, 0.3) is 0 Å². The summed E-state index contributed by atoms with van der Waals surface area (Å²) in [4.78, 5) is 11.8.